The number of hydrogen-bond donors (Lipinski definition) is 0. The van der Waals surface area contributed by atoms with Crippen molar-refractivity contribution in [3.05, 3.63) is 9.39 Å². The smallest absolute Gasteiger partial charge is 0.441 e. The van der Waals surface area contributed by atoms with Crippen molar-refractivity contribution in [2.45, 2.75) is 6.92 Å². The van der Waals surface area contributed by atoms with Gasteiger partial charge < -0.3 is 14.2 Å². The van der Waals surface area contributed by atoms with E-state index in [0.717, 1.165) is 23.5 Å². The number of methoxy groups -OCH3 is 2. The Morgan fingerprint density at radius 1 is 1.30 bits per heavy atom. The maximum absolute atomic E-state index is 11.6. The van der Waals surface area contributed by atoms with Crippen LogP contribution in [0.1, 0.15) is 6.92 Å². The summed E-state index contributed by atoms with van der Waals surface area (Å²) in [6, 6.07) is 0. The lowest BCUT2D eigenvalue weighted by molar-refractivity contribution is -0.135. The van der Waals surface area contributed by atoms with Gasteiger partial charge in [-0.1, -0.05) is 0 Å². The average molecular weight is 367 g/mol. The Bertz CT molecular complexity index is 504. The molecule has 0 atom stereocenters. The second kappa shape index (κ2) is 7.29. The molecule has 8 nitrogen and oxygen atoms in total. The molecular formula is C10H11BrN2O6S. The molecule has 1 amide bonds. The molecule has 20 heavy (non-hydrogen) atoms. The summed E-state index contributed by atoms with van der Waals surface area (Å²) in [6.45, 7) is 1.78. The first-order valence-electron chi connectivity index (χ1n) is 5.26. The van der Waals surface area contributed by atoms with E-state index in [1.165, 1.54) is 7.11 Å². The minimum Gasteiger partial charge on any atom is -0.465 e. The Morgan fingerprint density at radius 2 is 1.95 bits per heavy atom. The molecule has 0 fully saturated rings. The highest BCUT2D eigenvalue weighted by molar-refractivity contribution is 9.12. The predicted octanol–water partition coefficient (Wildman–Crippen LogP) is 1.42. The van der Waals surface area contributed by atoms with Gasteiger partial charge in [-0.15, -0.1) is 9.52 Å². The number of ether oxygens (including phenoxy) is 3. The molecule has 1 rings (SSSR count). The number of rotatable bonds is 3. The zero-order valence-corrected chi connectivity index (χ0v) is 13.2. The largest absolute Gasteiger partial charge is 0.465 e. The van der Waals surface area contributed by atoms with Gasteiger partial charge in [0.2, 0.25) is 0 Å². The summed E-state index contributed by atoms with van der Waals surface area (Å²) in [4.78, 5) is 34.8. The topological polar surface area (TPSA) is 94.5 Å². The van der Waals surface area contributed by atoms with Crippen molar-refractivity contribution in [3.8, 4) is 0 Å². The van der Waals surface area contributed by atoms with Gasteiger partial charge in [0, 0.05) is 11.9 Å². The normalized spacial score (nSPS) is 16.4. The van der Waals surface area contributed by atoms with Crippen molar-refractivity contribution in [2.75, 3.05) is 20.8 Å². The summed E-state index contributed by atoms with van der Waals surface area (Å²) in [5.74, 6) is -1.50. The third kappa shape index (κ3) is 3.51. The lowest BCUT2D eigenvalue weighted by Crippen LogP contribution is -2.19. The van der Waals surface area contributed by atoms with E-state index in [0.29, 0.717) is 0 Å². The van der Waals surface area contributed by atoms with Crippen molar-refractivity contribution in [3.63, 3.8) is 0 Å². The zero-order valence-electron chi connectivity index (χ0n) is 10.8. The summed E-state index contributed by atoms with van der Waals surface area (Å²) in [5.41, 5.74) is -0.192. The van der Waals surface area contributed by atoms with E-state index in [9.17, 15) is 14.4 Å². The van der Waals surface area contributed by atoms with Crippen LogP contribution in [0.3, 0.4) is 0 Å². The van der Waals surface area contributed by atoms with Gasteiger partial charge >= 0.3 is 18.0 Å². The van der Waals surface area contributed by atoms with Crippen LogP contribution in [0.5, 0.6) is 0 Å². The van der Waals surface area contributed by atoms with Crippen LogP contribution < -0.4 is 0 Å². The molecule has 0 saturated carbocycles. The molecule has 1 aliphatic heterocycles. The summed E-state index contributed by atoms with van der Waals surface area (Å²) in [5, 5.41) is 3.76. The molecule has 0 saturated heterocycles. The molecule has 1 heterocycles. The van der Waals surface area contributed by atoms with E-state index in [-0.39, 0.29) is 21.7 Å². The first-order chi connectivity index (χ1) is 9.46. The summed E-state index contributed by atoms with van der Waals surface area (Å²) in [7, 11) is 2.34. The average Bonchev–Trinajstić information content (AvgIpc) is 2.90. The van der Waals surface area contributed by atoms with Gasteiger partial charge in [-0.3, -0.25) is 0 Å². The number of halogens is 1. The van der Waals surface area contributed by atoms with E-state index in [1.54, 1.807) is 6.92 Å². The fourth-order valence-electron chi connectivity index (χ4n) is 1.10. The van der Waals surface area contributed by atoms with Gasteiger partial charge in [0.15, 0.2) is 5.71 Å². The van der Waals surface area contributed by atoms with Gasteiger partial charge in [0.1, 0.15) is 4.48 Å². The molecule has 0 aliphatic carbocycles. The maximum Gasteiger partial charge on any atom is 0.441 e. The van der Waals surface area contributed by atoms with Gasteiger partial charge in [-0.05, 0) is 22.9 Å². The molecule has 1 aliphatic rings. The first-order valence-corrected chi connectivity index (χ1v) is 6.83. The second-order valence-electron chi connectivity index (χ2n) is 3.14. The molecule has 0 bridgehead atoms. The predicted molar refractivity (Wildman–Crippen MR) is 73.9 cm³/mol. The fraction of sp³-hybridized carbons (Fsp3) is 0.400. The Balaban J connectivity index is 3.14. The SMILES string of the molecule is CCOC(=O)N1N=C(C(=O)OC)/C(=C(/Br)C(=O)OC)S1. The molecule has 0 radical (unpaired) electrons. The van der Waals surface area contributed by atoms with Crippen molar-refractivity contribution in [1.82, 2.24) is 4.41 Å². The Morgan fingerprint density at radius 3 is 2.45 bits per heavy atom. The van der Waals surface area contributed by atoms with Crippen molar-refractivity contribution >= 4 is 51.6 Å². The summed E-state index contributed by atoms with van der Waals surface area (Å²) < 4.78 is 14.6. The molecule has 10 heteroatoms. The van der Waals surface area contributed by atoms with Crippen LogP contribution in [-0.2, 0) is 23.8 Å². The molecule has 0 N–H and O–H groups in total. The van der Waals surface area contributed by atoms with Crippen LogP contribution >= 0.6 is 27.9 Å². The number of nitrogens with zero attached hydrogens (tertiary/aromatic N) is 2. The third-order valence-corrected chi connectivity index (χ3v) is 3.92. The Labute approximate surface area is 127 Å². The Hall–Kier alpha value is -1.55. The molecule has 110 valence electrons. The van der Waals surface area contributed by atoms with Crippen molar-refractivity contribution in [2.24, 2.45) is 5.10 Å². The summed E-state index contributed by atoms with van der Waals surface area (Å²) >= 11 is 3.75. The lowest BCUT2D eigenvalue weighted by atomic mass is 10.3. The van der Waals surface area contributed by atoms with Crippen LogP contribution in [-0.4, -0.2) is 49.0 Å². The van der Waals surface area contributed by atoms with E-state index in [4.69, 9.17) is 4.74 Å². The molecule has 0 aromatic rings. The van der Waals surface area contributed by atoms with E-state index < -0.39 is 18.0 Å². The number of hydrazone groups is 1. The minimum atomic E-state index is -0.792. The quantitative estimate of drug-likeness (QED) is 0.322. The van der Waals surface area contributed by atoms with Gasteiger partial charge in [-0.2, -0.15) is 0 Å². The Kier molecular flexibility index (Phi) is 6.02. The minimum absolute atomic E-state index is 0.0408. The standard InChI is InChI=1S/C10H11BrN2O6S/c1-4-19-10(16)13-12-6(9(15)18-3)7(20-13)5(11)8(14)17-2/h4H2,1-3H3/b7-5-. The van der Waals surface area contributed by atoms with Gasteiger partial charge in [0.05, 0.1) is 25.7 Å². The molecule has 0 aromatic heterocycles. The van der Waals surface area contributed by atoms with E-state index in [1.807, 2.05) is 0 Å². The number of carbonyl (C=O) groups is 3. The highest BCUT2D eigenvalue weighted by atomic mass is 79.9. The third-order valence-electron chi connectivity index (χ3n) is 1.95. The fourth-order valence-corrected chi connectivity index (χ4v) is 2.46. The van der Waals surface area contributed by atoms with Gasteiger partial charge in [0.25, 0.3) is 0 Å². The highest BCUT2D eigenvalue weighted by Crippen LogP contribution is 2.36. The molecule has 0 aromatic carbocycles. The van der Waals surface area contributed by atoms with Crippen molar-refractivity contribution < 1.29 is 28.6 Å². The molecule has 0 spiro atoms. The monoisotopic (exact) mass is 366 g/mol. The van der Waals surface area contributed by atoms with E-state index >= 15 is 0 Å². The summed E-state index contributed by atoms with van der Waals surface area (Å²) in [6.07, 6.45) is -0.765. The highest BCUT2D eigenvalue weighted by Gasteiger charge is 2.36. The molecule has 0 unspecified atom stereocenters. The van der Waals surface area contributed by atoms with Crippen LogP contribution in [0.4, 0.5) is 4.79 Å². The van der Waals surface area contributed by atoms with Crippen LogP contribution in [0.15, 0.2) is 14.5 Å². The first kappa shape index (κ1) is 16.5. The van der Waals surface area contributed by atoms with Crippen LogP contribution in [0.25, 0.3) is 0 Å². The van der Waals surface area contributed by atoms with Crippen LogP contribution in [0.2, 0.25) is 0 Å². The van der Waals surface area contributed by atoms with Crippen molar-refractivity contribution in [1.29, 1.82) is 0 Å². The second-order valence-corrected chi connectivity index (χ2v) is 4.87. The number of amides is 1. The van der Waals surface area contributed by atoms with Gasteiger partial charge in [-0.25, -0.2) is 14.4 Å². The maximum atomic E-state index is 11.6. The molecular weight excluding hydrogens is 356 g/mol. The number of esters is 2. The zero-order chi connectivity index (χ0) is 15.3. The van der Waals surface area contributed by atoms with E-state index in [2.05, 4.69) is 30.5 Å². The number of carbonyl (C=O) groups excluding carboxylic acids is 3. The van der Waals surface area contributed by atoms with Crippen LogP contribution in [0, 0.1) is 0 Å². The number of hydrogen-bond acceptors (Lipinski definition) is 8. The lowest BCUT2D eigenvalue weighted by Gasteiger charge is -2.08.